The largest absolute Gasteiger partial charge is 0.480 e. The molecule has 1 atom stereocenters. The van der Waals surface area contributed by atoms with E-state index in [0.717, 1.165) is 0 Å². The van der Waals surface area contributed by atoms with E-state index in [9.17, 15) is 18.0 Å². The van der Waals surface area contributed by atoms with Gasteiger partial charge in [-0.25, -0.2) is 13.2 Å². The number of aliphatic carboxylic acids is 1. The van der Waals surface area contributed by atoms with E-state index in [0.29, 0.717) is 6.42 Å². The number of carbonyl (C=O) groups is 2. The van der Waals surface area contributed by atoms with Gasteiger partial charge in [0.15, 0.2) is 9.84 Å². The second kappa shape index (κ2) is 7.92. The first-order chi connectivity index (χ1) is 10.7. The molecule has 0 saturated carbocycles. The zero-order valence-electron chi connectivity index (χ0n) is 13.2. The fourth-order valence-corrected chi connectivity index (χ4v) is 2.91. The molecule has 2 N–H and O–H groups in total. The second-order valence-electron chi connectivity index (χ2n) is 5.35. The van der Waals surface area contributed by atoms with Gasteiger partial charge in [-0.15, -0.1) is 6.58 Å². The van der Waals surface area contributed by atoms with Gasteiger partial charge in [-0.3, -0.25) is 4.79 Å². The van der Waals surface area contributed by atoms with E-state index in [1.54, 1.807) is 19.9 Å². The van der Waals surface area contributed by atoms with Gasteiger partial charge >= 0.3 is 5.97 Å². The molecule has 0 fully saturated rings. The summed E-state index contributed by atoms with van der Waals surface area (Å²) >= 11 is 0. The van der Waals surface area contributed by atoms with Gasteiger partial charge in [0, 0.05) is 5.56 Å². The topological polar surface area (TPSA) is 101 Å². The molecular weight excluding hydrogens is 318 g/mol. The lowest BCUT2D eigenvalue weighted by Gasteiger charge is -2.14. The summed E-state index contributed by atoms with van der Waals surface area (Å²) in [5.74, 6) is -1.69. The Morgan fingerprint density at radius 3 is 2.26 bits per heavy atom. The fourth-order valence-electron chi connectivity index (χ4n) is 1.85. The smallest absolute Gasteiger partial charge is 0.326 e. The van der Waals surface area contributed by atoms with Crippen LogP contribution in [0.2, 0.25) is 0 Å². The standard InChI is InChI=1S/C16H21NO5S/c1-4-5-6-14(16(19)20)17-15(18)12-7-9-13(10-8-12)23(21,22)11(2)3/h4,7-11,14H,1,5-6H2,2-3H3,(H,17,18)(H,19,20). The van der Waals surface area contributed by atoms with Crippen LogP contribution in [0.15, 0.2) is 41.8 Å². The van der Waals surface area contributed by atoms with E-state index in [1.807, 2.05) is 0 Å². The van der Waals surface area contributed by atoms with Gasteiger partial charge < -0.3 is 10.4 Å². The van der Waals surface area contributed by atoms with Crippen molar-refractivity contribution in [2.75, 3.05) is 0 Å². The fraction of sp³-hybridized carbons (Fsp3) is 0.375. The average molecular weight is 339 g/mol. The Bertz CT molecular complexity index is 677. The van der Waals surface area contributed by atoms with Gasteiger partial charge in [-0.05, 0) is 51.0 Å². The Labute approximate surface area is 136 Å². The van der Waals surface area contributed by atoms with Crippen molar-refractivity contribution >= 4 is 21.7 Å². The highest BCUT2D eigenvalue weighted by molar-refractivity contribution is 7.92. The van der Waals surface area contributed by atoms with Crippen molar-refractivity contribution in [3.8, 4) is 0 Å². The molecule has 1 aromatic carbocycles. The van der Waals surface area contributed by atoms with E-state index >= 15 is 0 Å². The lowest BCUT2D eigenvalue weighted by molar-refractivity contribution is -0.139. The normalized spacial score (nSPS) is 12.7. The van der Waals surface area contributed by atoms with Crippen LogP contribution in [0.1, 0.15) is 37.0 Å². The lowest BCUT2D eigenvalue weighted by Crippen LogP contribution is -2.40. The second-order valence-corrected chi connectivity index (χ2v) is 7.85. The molecule has 0 radical (unpaired) electrons. The number of carbonyl (C=O) groups excluding carboxylic acids is 1. The maximum absolute atomic E-state index is 12.1. The summed E-state index contributed by atoms with van der Waals surface area (Å²) in [6.07, 6.45) is 2.28. The van der Waals surface area contributed by atoms with Crippen LogP contribution >= 0.6 is 0 Å². The molecule has 1 aromatic rings. The Balaban J connectivity index is 2.89. The van der Waals surface area contributed by atoms with Crippen molar-refractivity contribution in [3.63, 3.8) is 0 Å². The Morgan fingerprint density at radius 1 is 1.26 bits per heavy atom. The molecule has 1 rings (SSSR count). The van der Waals surface area contributed by atoms with Crippen molar-refractivity contribution in [1.29, 1.82) is 0 Å². The minimum absolute atomic E-state index is 0.130. The van der Waals surface area contributed by atoms with Crippen molar-refractivity contribution in [1.82, 2.24) is 5.32 Å². The molecule has 6 nitrogen and oxygen atoms in total. The summed E-state index contributed by atoms with van der Waals surface area (Å²) in [5.41, 5.74) is 0.206. The molecule has 7 heteroatoms. The molecule has 0 aliphatic carbocycles. The van der Waals surface area contributed by atoms with Crippen LogP contribution in [0.4, 0.5) is 0 Å². The third-order valence-corrected chi connectivity index (χ3v) is 5.50. The summed E-state index contributed by atoms with van der Waals surface area (Å²) in [5, 5.41) is 10.9. The number of allylic oxidation sites excluding steroid dienone is 1. The third-order valence-electron chi connectivity index (χ3n) is 3.33. The highest BCUT2D eigenvalue weighted by Gasteiger charge is 2.22. The first kappa shape index (κ1) is 18.9. The molecule has 0 heterocycles. The van der Waals surface area contributed by atoms with Crippen LogP contribution in [0, 0.1) is 0 Å². The molecule has 0 saturated heterocycles. The molecule has 1 unspecified atom stereocenters. The summed E-state index contributed by atoms with van der Waals surface area (Å²) < 4.78 is 24.0. The zero-order valence-corrected chi connectivity index (χ0v) is 14.0. The van der Waals surface area contributed by atoms with Crippen molar-refractivity contribution in [3.05, 3.63) is 42.5 Å². The highest BCUT2D eigenvalue weighted by Crippen LogP contribution is 2.16. The first-order valence-corrected chi connectivity index (χ1v) is 8.73. The summed E-state index contributed by atoms with van der Waals surface area (Å²) in [7, 11) is -3.40. The van der Waals surface area contributed by atoms with Crippen LogP contribution in [0.5, 0.6) is 0 Å². The van der Waals surface area contributed by atoms with Gasteiger partial charge in [0.05, 0.1) is 10.1 Å². The van der Waals surface area contributed by atoms with E-state index in [2.05, 4.69) is 11.9 Å². The van der Waals surface area contributed by atoms with Crippen LogP contribution in [-0.2, 0) is 14.6 Å². The minimum atomic E-state index is -3.40. The van der Waals surface area contributed by atoms with Crippen molar-refractivity contribution in [2.45, 2.75) is 42.9 Å². The van der Waals surface area contributed by atoms with E-state index in [1.165, 1.54) is 24.3 Å². The Morgan fingerprint density at radius 2 is 1.83 bits per heavy atom. The zero-order chi connectivity index (χ0) is 17.6. The van der Waals surface area contributed by atoms with E-state index in [4.69, 9.17) is 5.11 Å². The van der Waals surface area contributed by atoms with Gasteiger partial charge in [-0.1, -0.05) is 6.08 Å². The predicted octanol–water partition coefficient (Wildman–Crippen LogP) is 2.02. The summed E-state index contributed by atoms with van der Waals surface area (Å²) in [6.45, 7) is 6.67. The maximum atomic E-state index is 12.1. The monoisotopic (exact) mass is 339 g/mol. The lowest BCUT2D eigenvalue weighted by atomic mass is 10.1. The van der Waals surface area contributed by atoms with Crippen molar-refractivity contribution < 1.29 is 23.1 Å². The van der Waals surface area contributed by atoms with E-state index in [-0.39, 0.29) is 16.9 Å². The summed E-state index contributed by atoms with van der Waals surface area (Å²) in [4.78, 5) is 23.3. The van der Waals surface area contributed by atoms with Gasteiger partial charge in [0.2, 0.25) is 0 Å². The van der Waals surface area contributed by atoms with Crippen molar-refractivity contribution in [2.24, 2.45) is 0 Å². The summed E-state index contributed by atoms with van der Waals surface area (Å²) in [6, 6.07) is 4.43. The SMILES string of the molecule is C=CCCC(NC(=O)c1ccc(S(=O)(=O)C(C)C)cc1)C(=O)O. The Kier molecular flexibility index (Phi) is 6.50. The number of carboxylic acid groups (broad SMARTS) is 1. The van der Waals surface area contributed by atoms with E-state index < -0.39 is 33.0 Å². The number of sulfone groups is 1. The number of carboxylic acids is 1. The highest BCUT2D eigenvalue weighted by atomic mass is 32.2. The molecule has 0 aliphatic rings. The van der Waals surface area contributed by atoms with Crippen LogP contribution in [0.25, 0.3) is 0 Å². The minimum Gasteiger partial charge on any atom is -0.480 e. The molecule has 1 amide bonds. The first-order valence-electron chi connectivity index (χ1n) is 7.18. The number of rotatable bonds is 8. The Hall–Kier alpha value is -2.15. The molecule has 0 spiro atoms. The molecular formula is C16H21NO5S. The number of benzene rings is 1. The maximum Gasteiger partial charge on any atom is 0.326 e. The van der Waals surface area contributed by atoms with Crippen LogP contribution in [-0.4, -0.2) is 36.7 Å². The van der Waals surface area contributed by atoms with Gasteiger partial charge in [0.25, 0.3) is 5.91 Å². The molecule has 0 bridgehead atoms. The van der Waals surface area contributed by atoms with Crippen LogP contribution < -0.4 is 5.32 Å². The third kappa shape index (κ3) is 4.92. The number of amides is 1. The molecule has 0 aromatic heterocycles. The number of nitrogens with one attached hydrogen (secondary N) is 1. The molecule has 126 valence electrons. The predicted molar refractivity (Wildman–Crippen MR) is 87.1 cm³/mol. The van der Waals surface area contributed by atoms with Gasteiger partial charge in [0.1, 0.15) is 6.04 Å². The average Bonchev–Trinajstić information content (AvgIpc) is 2.50. The molecule has 0 aliphatic heterocycles. The van der Waals surface area contributed by atoms with Crippen LogP contribution in [0.3, 0.4) is 0 Å². The quantitative estimate of drug-likeness (QED) is 0.706. The van der Waals surface area contributed by atoms with Gasteiger partial charge in [-0.2, -0.15) is 0 Å². The number of hydrogen-bond acceptors (Lipinski definition) is 4. The number of hydrogen-bond donors (Lipinski definition) is 2. The molecule has 23 heavy (non-hydrogen) atoms.